The number of nitrogens with one attached hydrogen (secondary N) is 2. The number of nitrogens with zero attached hydrogens (tertiary/aromatic N) is 2. The number of anilines is 2. The Morgan fingerprint density at radius 1 is 0.939 bits per heavy atom. The second kappa shape index (κ2) is 8.81. The maximum atomic E-state index is 14.0. The minimum Gasteiger partial charge on any atom is -0.326 e. The number of halogens is 5. The Balaban J connectivity index is 1.92. The van der Waals surface area contributed by atoms with E-state index in [1.54, 1.807) is 0 Å². The molecule has 0 aliphatic carbocycles. The highest BCUT2D eigenvalue weighted by Gasteiger charge is 2.27. The first-order chi connectivity index (χ1) is 15.3. The van der Waals surface area contributed by atoms with Gasteiger partial charge in [0.05, 0.1) is 34.1 Å². The summed E-state index contributed by atoms with van der Waals surface area (Å²) >= 11 is 0. The highest BCUT2D eigenvalue weighted by Crippen LogP contribution is 2.27. The molecule has 13 heteroatoms. The molecule has 1 heterocycles. The van der Waals surface area contributed by atoms with E-state index in [0.29, 0.717) is 5.69 Å². The molecule has 0 radical (unpaired) electrons. The van der Waals surface area contributed by atoms with Crippen LogP contribution in [0.1, 0.15) is 23.9 Å². The average Bonchev–Trinajstić information content (AvgIpc) is 3.01. The maximum Gasteiger partial charge on any atom is 0.262 e. The lowest BCUT2D eigenvalue weighted by Crippen LogP contribution is -2.15. The first kappa shape index (κ1) is 24.2. The summed E-state index contributed by atoms with van der Waals surface area (Å²) in [7, 11) is -4.13. The van der Waals surface area contributed by atoms with E-state index in [1.807, 2.05) is 0 Å². The van der Waals surface area contributed by atoms with Crippen LogP contribution in [0.5, 0.6) is 0 Å². The smallest absolute Gasteiger partial charge is 0.262 e. The lowest BCUT2D eigenvalue weighted by molar-refractivity contribution is -0.114. The second-order valence-electron chi connectivity index (χ2n) is 7.06. The monoisotopic (exact) mass is 488 g/mol. The van der Waals surface area contributed by atoms with Crippen molar-refractivity contribution in [2.45, 2.75) is 32.2 Å². The van der Waals surface area contributed by atoms with E-state index in [4.69, 9.17) is 0 Å². The number of hydrogen-bond acceptors (Lipinski definition) is 4. The Morgan fingerprint density at radius 3 is 1.97 bits per heavy atom. The lowest BCUT2D eigenvalue weighted by atomic mass is 10.1. The minimum atomic E-state index is -4.13. The van der Waals surface area contributed by atoms with Gasteiger partial charge < -0.3 is 5.32 Å². The van der Waals surface area contributed by atoms with Gasteiger partial charge in [0.25, 0.3) is 10.0 Å². The Hall–Kier alpha value is -3.48. The Labute approximate surface area is 185 Å². The van der Waals surface area contributed by atoms with Gasteiger partial charge in [-0.3, -0.25) is 14.2 Å². The van der Waals surface area contributed by atoms with E-state index in [9.17, 15) is 35.2 Å². The van der Waals surface area contributed by atoms with Gasteiger partial charge in [-0.2, -0.15) is 5.10 Å². The molecule has 0 aliphatic heterocycles. The fourth-order valence-corrected chi connectivity index (χ4v) is 4.23. The zero-order valence-corrected chi connectivity index (χ0v) is 18.3. The number of carbonyl (C=O) groups is 1. The van der Waals surface area contributed by atoms with E-state index in [0.717, 1.165) is 4.68 Å². The van der Waals surface area contributed by atoms with Crippen molar-refractivity contribution in [1.82, 2.24) is 9.78 Å². The predicted molar refractivity (Wildman–Crippen MR) is 109 cm³/mol. The van der Waals surface area contributed by atoms with Gasteiger partial charge in [-0.05, 0) is 38.1 Å². The second-order valence-corrected chi connectivity index (χ2v) is 8.75. The quantitative estimate of drug-likeness (QED) is 0.312. The molecule has 0 aliphatic rings. The summed E-state index contributed by atoms with van der Waals surface area (Å²) in [6.07, 6.45) is 0. The lowest BCUT2D eigenvalue weighted by Gasteiger charge is -2.11. The molecule has 2 N–H and O–H groups in total. The molecule has 0 spiro atoms. The number of aromatic nitrogens is 2. The summed E-state index contributed by atoms with van der Waals surface area (Å²) in [4.78, 5) is 10.9. The molecule has 176 valence electrons. The van der Waals surface area contributed by atoms with Gasteiger partial charge >= 0.3 is 0 Å². The van der Waals surface area contributed by atoms with Crippen LogP contribution in [0.25, 0.3) is 0 Å². The van der Waals surface area contributed by atoms with Crippen LogP contribution in [0.15, 0.2) is 29.2 Å². The number of rotatable bonds is 6. The van der Waals surface area contributed by atoms with Crippen LogP contribution in [-0.2, 0) is 21.4 Å². The summed E-state index contributed by atoms with van der Waals surface area (Å²) < 4.78 is 97.0. The third-order valence-electron chi connectivity index (χ3n) is 4.71. The van der Waals surface area contributed by atoms with Gasteiger partial charge in [0, 0.05) is 12.6 Å². The van der Waals surface area contributed by atoms with Gasteiger partial charge in [-0.1, -0.05) is 0 Å². The van der Waals surface area contributed by atoms with Crippen molar-refractivity contribution in [2.75, 3.05) is 10.0 Å². The molecule has 2 aromatic carbocycles. The van der Waals surface area contributed by atoms with Crippen LogP contribution in [-0.4, -0.2) is 24.1 Å². The molecule has 0 saturated heterocycles. The molecule has 33 heavy (non-hydrogen) atoms. The molecule has 0 bridgehead atoms. The first-order valence-electron chi connectivity index (χ1n) is 9.28. The minimum absolute atomic E-state index is 0.0233. The van der Waals surface area contributed by atoms with E-state index >= 15 is 0 Å². The number of benzene rings is 2. The van der Waals surface area contributed by atoms with E-state index < -0.39 is 51.2 Å². The molecule has 1 amide bonds. The van der Waals surface area contributed by atoms with Crippen molar-refractivity contribution in [3.8, 4) is 0 Å². The van der Waals surface area contributed by atoms with Crippen molar-refractivity contribution in [1.29, 1.82) is 0 Å². The summed E-state index contributed by atoms with van der Waals surface area (Å²) in [5, 5.41) is 6.46. The Kier molecular flexibility index (Phi) is 6.45. The molecular formula is C20H17F5N4O3S. The van der Waals surface area contributed by atoms with Gasteiger partial charge in [-0.15, -0.1) is 0 Å². The third-order valence-corrected chi connectivity index (χ3v) is 6.08. The van der Waals surface area contributed by atoms with Gasteiger partial charge in [0.2, 0.25) is 11.7 Å². The van der Waals surface area contributed by atoms with Gasteiger partial charge in [0.15, 0.2) is 23.3 Å². The number of hydrogen-bond donors (Lipinski definition) is 2. The largest absolute Gasteiger partial charge is 0.326 e. The summed E-state index contributed by atoms with van der Waals surface area (Å²) in [6, 6.07) is 5.25. The topological polar surface area (TPSA) is 93.1 Å². The zero-order chi connectivity index (χ0) is 24.7. The third kappa shape index (κ3) is 4.67. The van der Waals surface area contributed by atoms with Crippen LogP contribution >= 0.6 is 0 Å². The van der Waals surface area contributed by atoms with E-state index in [-0.39, 0.29) is 27.9 Å². The number of sulfonamides is 1. The molecule has 7 nitrogen and oxygen atoms in total. The van der Waals surface area contributed by atoms with Crippen molar-refractivity contribution in [3.05, 3.63) is 70.3 Å². The van der Waals surface area contributed by atoms with Crippen LogP contribution < -0.4 is 10.0 Å². The molecule has 3 aromatic rings. The fourth-order valence-electron chi connectivity index (χ4n) is 3.05. The van der Waals surface area contributed by atoms with Crippen LogP contribution in [0.3, 0.4) is 0 Å². The average molecular weight is 488 g/mol. The van der Waals surface area contributed by atoms with E-state index in [1.165, 1.54) is 45.0 Å². The fraction of sp³-hybridized carbons (Fsp3) is 0.200. The standard InChI is InChI=1S/C20H17F5N4O3S/c1-9-20(28-33(31,32)13-6-4-12(5-7-13)26-11(3)30)10(2)29(27-9)8-14-15(21)17(23)19(25)18(24)16(14)22/h4-7,28H,8H2,1-3H3,(H,26,30). The zero-order valence-electron chi connectivity index (χ0n) is 17.4. The molecule has 0 saturated carbocycles. The molecule has 0 fully saturated rings. The number of amides is 1. The van der Waals surface area contributed by atoms with Gasteiger partial charge in [0.1, 0.15) is 0 Å². The summed E-state index contributed by atoms with van der Waals surface area (Å²) in [6.45, 7) is 3.23. The highest BCUT2D eigenvalue weighted by molar-refractivity contribution is 7.92. The Morgan fingerprint density at radius 2 is 1.45 bits per heavy atom. The molecule has 1 aromatic heterocycles. The van der Waals surface area contributed by atoms with Crippen LogP contribution in [0.2, 0.25) is 0 Å². The SMILES string of the molecule is CC(=O)Nc1ccc(S(=O)(=O)Nc2c(C)nn(Cc3c(F)c(F)c(F)c(F)c3F)c2C)cc1. The van der Waals surface area contributed by atoms with Crippen LogP contribution in [0.4, 0.5) is 33.3 Å². The summed E-state index contributed by atoms with van der Waals surface area (Å²) in [5.74, 6) is -10.8. The molecule has 0 atom stereocenters. The molecular weight excluding hydrogens is 471 g/mol. The van der Waals surface area contributed by atoms with Gasteiger partial charge in [-0.25, -0.2) is 30.4 Å². The Bertz CT molecular complexity index is 1330. The molecule has 3 rings (SSSR count). The van der Waals surface area contributed by atoms with Crippen molar-refractivity contribution in [3.63, 3.8) is 0 Å². The number of carbonyl (C=O) groups excluding carboxylic acids is 1. The van der Waals surface area contributed by atoms with Crippen molar-refractivity contribution >= 4 is 27.3 Å². The highest BCUT2D eigenvalue weighted by atomic mass is 32.2. The van der Waals surface area contributed by atoms with Crippen LogP contribution in [0, 0.1) is 42.9 Å². The first-order valence-corrected chi connectivity index (χ1v) is 10.8. The summed E-state index contributed by atoms with van der Waals surface area (Å²) in [5.41, 5.74) is -0.570. The predicted octanol–water partition coefficient (Wildman–Crippen LogP) is 4.00. The van der Waals surface area contributed by atoms with Crippen molar-refractivity contribution < 1.29 is 35.2 Å². The van der Waals surface area contributed by atoms with Crippen molar-refractivity contribution in [2.24, 2.45) is 0 Å². The normalized spacial score (nSPS) is 11.5. The molecule has 0 unspecified atom stereocenters. The maximum absolute atomic E-state index is 14.0. The van der Waals surface area contributed by atoms with E-state index in [2.05, 4.69) is 15.1 Å². The number of aryl methyl sites for hydroxylation is 1.